The summed E-state index contributed by atoms with van der Waals surface area (Å²) < 4.78 is 0. The molecule has 3 nitrogen and oxygen atoms in total. The van der Waals surface area contributed by atoms with Crippen LogP contribution in [0.1, 0.15) is 208 Å². The quantitative estimate of drug-likeness (QED) is 0.158. The first-order chi connectivity index (χ1) is 27.0. The molecule has 60 heavy (non-hydrogen) atoms. The fourth-order valence-corrected chi connectivity index (χ4v) is 9.27. The van der Waals surface area contributed by atoms with Gasteiger partial charge in [-0.1, -0.05) is 161 Å². The van der Waals surface area contributed by atoms with Crippen molar-refractivity contribution in [3.63, 3.8) is 0 Å². The van der Waals surface area contributed by atoms with Crippen LogP contribution in [0.4, 0.5) is 0 Å². The zero-order chi connectivity index (χ0) is 45.9. The van der Waals surface area contributed by atoms with E-state index in [0.717, 1.165) is 71.9 Å². The van der Waals surface area contributed by atoms with E-state index in [-0.39, 0.29) is 32.5 Å². The minimum atomic E-state index is -0.183. The van der Waals surface area contributed by atoms with Crippen molar-refractivity contribution < 1.29 is 15.3 Å². The summed E-state index contributed by atoms with van der Waals surface area (Å²) >= 11 is 0. The molecule has 0 saturated heterocycles. The average Bonchev–Trinajstić information content (AvgIpc) is 3.06. The Morgan fingerprint density at radius 3 is 0.567 bits per heavy atom. The van der Waals surface area contributed by atoms with Crippen LogP contribution in [0.3, 0.4) is 0 Å². The van der Waals surface area contributed by atoms with E-state index in [1.807, 2.05) is 0 Å². The highest BCUT2D eigenvalue weighted by Crippen LogP contribution is 2.43. The number of hydrogen-bond acceptors (Lipinski definition) is 3. The van der Waals surface area contributed by atoms with Crippen molar-refractivity contribution in [2.75, 3.05) is 0 Å². The summed E-state index contributed by atoms with van der Waals surface area (Å²) in [7, 11) is 0. The lowest BCUT2D eigenvalue weighted by Gasteiger charge is -2.29. The van der Waals surface area contributed by atoms with Gasteiger partial charge in [0.2, 0.25) is 0 Å². The summed E-state index contributed by atoms with van der Waals surface area (Å²) in [4.78, 5) is 0. The van der Waals surface area contributed by atoms with Crippen LogP contribution in [0.25, 0.3) is 0 Å². The number of rotatable bonds is 9. The number of hydrogen-bond donors (Lipinski definition) is 3. The Morgan fingerprint density at radius 1 is 0.283 bits per heavy atom. The lowest BCUT2D eigenvalue weighted by atomic mass is 9.77. The van der Waals surface area contributed by atoms with Gasteiger partial charge in [-0.3, -0.25) is 0 Å². The molecule has 0 unspecified atom stereocenters. The van der Waals surface area contributed by atoms with Crippen molar-refractivity contribution >= 4 is 0 Å². The third-order valence-corrected chi connectivity index (χ3v) is 13.1. The van der Waals surface area contributed by atoms with Crippen LogP contribution < -0.4 is 0 Å². The molecular weight excluding hydrogens is 733 g/mol. The summed E-state index contributed by atoms with van der Waals surface area (Å²) in [5.41, 5.74) is 17.3. The standard InChI is InChI=1S/C57H84O3/c1-34-40(25-22-37-28-43(52(4,5)6)49(58)44(29-37)53(7,8)9)35(2)42(27-24-39-32-47(56(16,17)18)51(60)48(33-39)57(19,20)21)36(3)41(34)26-23-38-30-45(54(10,11)12)50(59)46(31-38)55(13,14)15/h28-33,58-60H,22-27H2,1-21H3. The van der Waals surface area contributed by atoms with Gasteiger partial charge in [0, 0.05) is 0 Å². The lowest BCUT2D eigenvalue weighted by molar-refractivity contribution is 0.422. The van der Waals surface area contributed by atoms with E-state index in [9.17, 15) is 15.3 Å². The van der Waals surface area contributed by atoms with Crippen LogP contribution in [-0.2, 0) is 71.0 Å². The molecule has 0 aliphatic heterocycles. The molecule has 0 fully saturated rings. The highest BCUT2D eigenvalue weighted by molar-refractivity contribution is 5.55. The molecule has 0 spiro atoms. The maximum absolute atomic E-state index is 11.5. The van der Waals surface area contributed by atoms with E-state index in [1.54, 1.807) is 0 Å². The van der Waals surface area contributed by atoms with Gasteiger partial charge in [0.1, 0.15) is 17.2 Å². The Morgan fingerprint density at radius 2 is 0.433 bits per heavy atom. The second-order valence-electron chi connectivity index (χ2n) is 24.4. The van der Waals surface area contributed by atoms with E-state index in [0.29, 0.717) is 17.2 Å². The monoisotopic (exact) mass is 817 g/mol. The molecule has 0 amide bonds. The van der Waals surface area contributed by atoms with Crippen LogP contribution in [0.15, 0.2) is 36.4 Å². The minimum absolute atomic E-state index is 0.183. The van der Waals surface area contributed by atoms with Gasteiger partial charge in [0.15, 0.2) is 0 Å². The van der Waals surface area contributed by atoms with Gasteiger partial charge in [-0.05, 0) is 175 Å². The summed E-state index contributed by atoms with van der Waals surface area (Å²) in [5.74, 6) is 1.30. The second kappa shape index (κ2) is 16.9. The van der Waals surface area contributed by atoms with E-state index >= 15 is 0 Å². The fraction of sp³-hybridized carbons (Fsp3) is 0.579. The molecule has 0 aromatic heterocycles. The van der Waals surface area contributed by atoms with E-state index in [2.05, 4.69) is 182 Å². The number of aromatic hydroxyl groups is 3. The Hall–Kier alpha value is -3.72. The highest BCUT2D eigenvalue weighted by atomic mass is 16.3. The Labute approximate surface area is 367 Å². The molecule has 3 N–H and O–H groups in total. The number of phenolic OH excluding ortho intramolecular Hbond substituents is 3. The molecule has 0 atom stereocenters. The van der Waals surface area contributed by atoms with Crippen LogP contribution in [0, 0.1) is 20.8 Å². The van der Waals surface area contributed by atoms with Crippen molar-refractivity contribution in [3.8, 4) is 17.2 Å². The van der Waals surface area contributed by atoms with Crippen LogP contribution >= 0.6 is 0 Å². The molecule has 0 heterocycles. The molecule has 0 saturated carbocycles. The average molecular weight is 817 g/mol. The smallest absolute Gasteiger partial charge is 0.123 e. The zero-order valence-electron chi connectivity index (χ0n) is 42.0. The largest absolute Gasteiger partial charge is 0.507 e. The predicted octanol–water partition coefficient (Wildman–Crippen LogP) is 14.9. The number of aryl methyl sites for hydroxylation is 3. The van der Waals surface area contributed by atoms with Gasteiger partial charge in [-0.15, -0.1) is 0 Å². The van der Waals surface area contributed by atoms with Gasteiger partial charge in [0.05, 0.1) is 0 Å². The molecule has 3 heteroatoms. The Bertz CT molecular complexity index is 1830. The van der Waals surface area contributed by atoms with Gasteiger partial charge >= 0.3 is 0 Å². The maximum Gasteiger partial charge on any atom is 0.123 e. The Balaban J connectivity index is 1.89. The van der Waals surface area contributed by atoms with E-state index in [4.69, 9.17) is 0 Å². The summed E-state index contributed by atoms with van der Waals surface area (Å²) in [6.45, 7) is 46.5. The van der Waals surface area contributed by atoms with Crippen molar-refractivity contribution in [1.29, 1.82) is 0 Å². The fourth-order valence-electron chi connectivity index (χ4n) is 9.27. The summed E-state index contributed by atoms with van der Waals surface area (Å²) in [5, 5.41) is 34.5. The SMILES string of the molecule is Cc1c(CCc2cc(C(C)(C)C)c(O)c(C(C)(C)C)c2)c(C)c(CCc2cc(C(C)(C)C)c(O)c(C(C)(C)C)c2)c(C)c1CCc1cc(C(C)(C)C)c(O)c(C(C)(C)C)c1. The summed E-state index contributed by atoms with van der Waals surface area (Å²) in [6, 6.07) is 13.5. The minimum Gasteiger partial charge on any atom is -0.507 e. The predicted molar refractivity (Wildman–Crippen MR) is 259 cm³/mol. The van der Waals surface area contributed by atoms with Gasteiger partial charge in [-0.25, -0.2) is 0 Å². The van der Waals surface area contributed by atoms with Gasteiger partial charge in [0.25, 0.3) is 0 Å². The first-order valence-electron chi connectivity index (χ1n) is 22.8. The third kappa shape index (κ3) is 10.8. The molecule has 0 bridgehead atoms. The molecule has 4 aromatic carbocycles. The molecular formula is C57H84O3. The van der Waals surface area contributed by atoms with Crippen molar-refractivity contribution in [2.24, 2.45) is 0 Å². The molecule has 0 radical (unpaired) electrons. The van der Waals surface area contributed by atoms with E-state index in [1.165, 1.54) is 50.1 Å². The first kappa shape index (κ1) is 48.9. The van der Waals surface area contributed by atoms with Gasteiger partial charge < -0.3 is 15.3 Å². The normalized spacial score (nSPS) is 13.3. The van der Waals surface area contributed by atoms with Crippen molar-refractivity contribution in [2.45, 2.75) is 216 Å². The first-order valence-corrected chi connectivity index (χ1v) is 22.8. The van der Waals surface area contributed by atoms with Crippen LogP contribution in [0.2, 0.25) is 0 Å². The van der Waals surface area contributed by atoms with Crippen LogP contribution in [0.5, 0.6) is 17.2 Å². The highest BCUT2D eigenvalue weighted by Gasteiger charge is 2.30. The van der Waals surface area contributed by atoms with E-state index < -0.39 is 0 Å². The van der Waals surface area contributed by atoms with Crippen molar-refractivity contribution in [1.82, 2.24) is 0 Å². The van der Waals surface area contributed by atoms with Gasteiger partial charge in [-0.2, -0.15) is 0 Å². The van der Waals surface area contributed by atoms with Crippen molar-refractivity contribution in [3.05, 3.63) is 120 Å². The molecule has 4 aromatic rings. The zero-order valence-corrected chi connectivity index (χ0v) is 42.0. The lowest BCUT2D eigenvalue weighted by Crippen LogP contribution is -2.18. The topological polar surface area (TPSA) is 60.7 Å². The number of phenols is 3. The number of benzene rings is 4. The van der Waals surface area contributed by atoms with Crippen LogP contribution in [-0.4, -0.2) is 15.3 Å². The maximum atomic E-state index is 11.5. The molecule has 330 valence electrons. The molecule has 0 aliphatic carbocycles. The summed E-state index contributed by atoms with van der Waals surface area (Å²) in [6.07, 6.45) is 5.41. The molecule has 4 rings (SSSR count). The third-order valence-electron chi connectivity index (χ3n) is 13.1. The Kier molecular flexibility index (Phi) is 13.8. The molecule has 0 aliphatic rings. The second-order valence-corrected chi connectivity index (χ2v) is 24.4.